The Morgan fingerprint density at radius 2 is 1.68 bits per heavy atom. The lowest BCUT2D eigenvalue weighted by Crippen LogP contribution is -2.62. The molecule has 2 amide bonds. The third-order valence-electron chi connectivity index (χ3n) is 6.38. The van der Waals surface area contributed by atoms with Gasteiger partial charge in [-0.05, 0) is 88.1 Å². The number of hydrogen-bond acceptors (Lipinski definition) is 5. The summed E-state index contributed by atoms with van der Waals surface area (Å²) in [5, 5.41) is 9.54. The standard InChI is InChI=1S/C30H36N4O3/c1-20(35)32-27-14-13-24(18-31-27)23-7-6-8-26(15-23)37-19-21-9-11-22(12-10-21)28(36)33-25-16-29(2,3)34-30(4,5)17-25/h6-15,18,25,34H,16-17,19H2,1-5H3,(H,33,36)(H,31,32,35). The van der Waals surface area contributed by atoms with Crippen LogP contribution in [0.25, 0.3) is 11.1 Å². The summed E-state index contributed by atoms with van der Waals surface area (Å²) < 4.78 is 6.01. The minimum absolute atomic E-state index is 0.0230. The van der Waals surface area contributed by atoms with Crippen molar-refractivity contribution in [1.29, 1.82) is 0 Å². The molecule has 0 aliphatic carbocycles. The van der Waals surface area contributed by atoms with Crippen LogP contribution < -0.4 is 20.7 Å². The van der Waals surface area contributed by atoms with Crippen molar-refractivity contribution in [3.8, 4) is 16.9 Å². The molecule has 1 aromatic heterocycles. The first-order valence-electron chi connectivity index (χ1n) is 12.6. The Hall–Kier alpha value is -3.71. The molecule has 1 aliphatic rings. The fourth-order valence-corrected chi connectivity index (χ4v) is 5.20. The van der Waals surface area contributed by atoms with Crippen molar-refractivity contribution in [2.24, 2.45) is 0 Å². The van der Waals surface area contributed by atoms with Crippen LogP contribution in [0.4, 0.5) is 5.82 Å². The average Bonchev–Trinajstić information content (AvgIpc) is 2.81. The van der Waals surface area contributed by atoms with Crippen LogP contribution in [0.15, 0.2) is 66.9 Å². The van der Waals surface area contributed by atoms with Gasteiger partial charge < -0.3 is 20.7 Å². The van der Waals surface area contributed by atoms with Gasteiger partial charge in [-0.25, -0.2) is 4.98 Å². The second kappa shape index (κ2) is 10.7. The lowest BCUT2D eigenvalue weighted by atomic mass is 9.79. The van der Waals surface area contributed by atoms with Gasteiger partial charge in [0.15, 0.2) is 0 Å². The summed E-state index contributed by atoms with van der Waals surface area (Å²) in [6.07, 6.45) is 3.51. The van der Waals surface area contributed by atoms with Gasteiger partial charge in [0.25, 0.3) is 5.91 Å². The normalized spacial score (nSPS) is 16.6. The number of pyridine rings is 1. The molecule has 1 saturated heterocycles. The molecule has 7 heteroatoms. The fraction of sp³-hybridized carbons (Fsp3) is 0.367. The summed E-state index contributed by atoms with van der Waals surface area (Å²) in [7, 11) is 0. The van der Waals surface area contributed by atoms with Crippen LogP contribution in [0.1, 0.15) is 63.4 Å². The number of nitrogens with zero attached hydrogens (tertiary/aromatic N) is 1. The van der Waals surface area contributed by atoms with Gasteiger partial charge in [0.2, 0.25) is 5.91 Å². The summed E-state index contributed by atoms with van der Waals surface area (Å²) >= 11 is 0. The number of benzene rings is 2. The van der Waals surface area contributed by atoms with Gasteiger partial charge in [-0.2, -0.15) is 0 Å². The Kier molecular flexibility index (Phi) is 7.64. The van der Waals surface area contributed by atoms with E-state index in [1.165, 1.54) is 6.92 Å². The second-order valence-corrected chi connectivity index (χ2v) is 11.1. The smallest absolute Gasteiger partial charge is 0.251 e. The topological polar surface area (TPSA) is 92.3 Å². The molecule has 7 nitrogen and oxygen atoms in total. The number of rotatable bonds is 7. The van der Waals surface area contributed by atoms with Crippen molar-refractivity contribution >= 4 is 17.6 Å². The number of nitrogens with one attached hydrogen (secondary N) is 3. The van der Waals surface area contributed by atoms with Crippen LogP contribution in [0.5, 0.6) is 5.75 Å². The maximum absolute atomic E-state index is 12.9. The monoisotopic (exact) mass is 500 g/mol. The molecule has 0 unspecified atom stereocenters. The van der Waals surface area contributed by atoms with Crippen LogP contribution in [-0.2, 0) is 11.4 Å². The zero-order valence-corrected chi connectivity index (χ0v) is 22.2. The molecular weight excluding hydrogens is 464 g/mol. The molecule has 3 aromatic rings. The molecule has 1 fully saturated rings. The van der Waals surface area contributed by atoms with Gasteiger partial charge >= 0.3 is 0 Å². The first kappa shape index (κ1) is 26.4. The van der Waals surface area contributed by atoms with E-state index in [9.17, 15) is 9.59 Å². The van der Waals surface area contributed by atoms with Crippen molar-refractivity contribution in [3.63, 3.8) is 0 Å². The molecule has 194 valence electrons. The highest BCUT2D eigenvalue weighted by molar-refractivity contribution is 5.94. The zero-order chi connectivity index (χ0) is 26.6. The number of piperidine rings is 1. The third kappa shape index (κ3) is 7.40. The van der Waals surface area contributed by atoms with Crippen molar-refractivity contribution in [2.75, 3.05) is 5.32 Å². The van der Waals surface area contributed by atoms with Crippen molar-refractivity contribution in [3.05, 3.63) is 78.0 Å². The maximum Gasteiger partial charge on any atom is 0.251 e. The average molecular weight is 501 g/mol. The van der Waals surface area contributed by atoms with Gasteiger partial charge in [-0.15, -0.1) is 0 Å². The molecule has 2 aromatic carbocycles. The van der Waals surface area contributed by atoms with Gasteiger partial charge in [0.1, 0.15) is 18.2 Å². The highest BCUT2D eigenvalue weighted by Crippen LogP contribution is 2.29. The lowest BCUT2D eigenvalue weighted by Gasteiger charge is -2.46. The van der Waals surface area contributed by atoms with E-state index >= 15 is 0 Å². The molecule has 3 N–H and O–H groups in total. The van der Waals surface area contributed by atoms with E-state index in [1.54, 1.807) is 12.3 Å². The molecule has 2 heterocycles. The molecule has 37 heavy (non-hydrogen) atoms. The van der Waals surface area contributed by atoms with Gasteiger partial charge in [-0.1, -0.05) is 24.3 Å². The van der Waals surface area contributed by atoms with E-state index in [2.05, 4.69) is 48.6 Å². The van der Waals surface area contributed by atoms with E-state index in [4.69, 9.17) is 4.74 Å². The predicted octanol–water partition coefficient (Wildman–Crippen LogP) is 5.33. The zero-order valence-electron chi connectivity index (χ0n) is 22.2. The summed E-state index contributed by atoms with van der Waals surface area (Å²) in [6.45, 7) is 10.6. The SMILES string of the molecule is CC(=O)Nc1ccc(-c2cccc(OCc3ccc(C(=O)NC4CC(C)(C)NC(C)(C)C4)cc3)c2)cn1. The van der Waals surface area contributed by atoms with Gasteiger partial charge in [-0.3, -0.25) is 9.59 Å². The molecule has 0 atom stereocenters. The quantitative estimate of drug-likeness (QED) is 0.408. The molecule has 1 aliphatic heterocycles. The van der Waals surface area contributed by atoms with Crippen LogP contribution >= 0.6 is 0 Å². The maximum atomic E-state index is 12.9. The Morgan fingerprint density at radius 3 is 2.30 bits per heavy atom. The Balaban J connectivity index is 1.34. The minimum Gasteiger partial charge on any atom is -0.489 e. The van der Waals surface area contributed by atoms with Gasteiger partial charge in [0.05, 0.1) is 0 Å². The minimum atomic E-state index is -0.154. The summed E-state index contributed by atoms with van der Waals surface area (Å²) in [4.78, 5) is 28.4. The van der Waals surface area contributed by atoms with E-state index < -0.39 is 0 Å². The van der Waals surface area contributed by atoms with E-state index in [0.29, 0.717) is 18.0 Å². The number of aromatic nitrogens is 1. The van der Waals surface area contributed by atoms with Crippen LogP contribution in [0.3, 0.4) is 0 Å². The van der Waals surface area contributed by atoms with Crippen LogP contribution in [0.2, 0.25) is 0 Å². The third-order valence-corrected chi connectivity index (χ3v) is 6.38. The van der Waals surface area contributed by atoms with E-state index in [0.717, 1.165) is 35.3 Å². The van der Waals surface area contributed by atoms with E-state index in [-0.39, 0.29) is 28.9 Å². The van der Waals surface area contributed by atoms with Crippen molar-refractivity contribution in [2.45, 2.75) is 71.2 Å². The van der Waals surface area contributed by atoms with Crippen molar-refractivity contribution < 1.29 is 14.3 Å². The Morgan fingerprint density at radius 1 is 0.973 bits per heavy atom. The molecule has 4 rings (SSSR count). The number of carbonyl (C=O) groups excluding carboxylic acids is 2. The molecular formula is C30H36N4O3. The lowest BCUT2D eigenvalue weighted by molar-refractivity contribution is -0.114. The fourth-order valence-electron chi connectivity index (χ4n) is 5.20. The van der Waals surface area contributed by atoms with Crippen LogP contribution in [0, 0.1) is 0 Å². The summed E-state index contributed by atoms with van der Waals surface area (Å²) in [5.41, 5.74) is 3.48. The Bertz CT molecular complexity index is 1230. The first-order valence-corrected chi connectivity index (χ1v) is 12.6. The Labute approximate surface area is 219 Å². The summed E-state index contributed by atoms with van der Waals surface area (Å²) in [6, 6.07) is 19.2. The molecule has 0 saturated carbocycles. The van der Waals surface area contributed by atoms with Gasteiger partial charge in [0, 0.05) is 41.4 Å². The number of carbonyl (C=O) groups is 2. The predicted molar refractivity (Wildman–Crippen MR) is 147 cm³/mol. The second-order valence-electron chi connectivity index (χ2n) is 11.1. The highest BCUT2D eigenvalue weighted by Gasteiger charge is 2.38. The molecule has 0 spiro atoms. The largest absolute Gasteiger partial charge is 0.489 e. The first-order chi connectivity index (χ1) is 17.5. The molecule has 0 bridgehead atoms. The number of hydrogen-bond donors (Lipinski definition) is 3. The van der Waals surface area contributed by atoms with E-state index in [1.807, 2.05) is 54.6 Å². The summed E-state index contributed by atoms with van der Waals surface area (Å²) in [5.74, 6) is 1.06. The highest BCUT2D eigenvalue weighted by atomic mass is 16.5. The van der Waals surface area contributed by atoms with Crippen molar-refractivity contribution in [1.82, 2.24) is 15.6 Å². The number of amides is 2. The number of ether oxygens (including phenoxy) is 1. The van der Waals surface area contributed by atoms with Crippen LogP contribution in [-0.4, -0.2) is 33.9 Å². The number of anilines is 1. The molecule has 0 radical (unpaired) electrons.